The van der Waals surface area contributed by atoms with Gasteiger partial charge in [0.15, 0.2) is 0 Å². The summed E-state index contributed by atoms with van der Waals surface area (Å²) in [7, 11) is 1.64. The molecule has 0 fully saturated rings. The summed E-state index contributed by atoms with van der Waals surface area (Å²) in [5, 5.41) is 2.77. The van der Waals surface area contributed by atoms with Crippen LogP contribution in [0.5, 0.6) is 0 Å². The molecule has 0 rings (SSSR count). The Morgan fingerprint density at radius 1 is 1.60 bits per heavy atom. The van der Waals surface area contributed by atoms with Crippen molar-refractivity contribution in [1.29, 1.82) is 0 Å². The SMILES string of the molecule is COCCCNC(=O)[C@@H](N)CCSC.Cl. The minimum atomic E-state index is -0.370. The molecule has 15 heavy (non-hydrogen) atoms. The van der Waals surface area contributed by atoms with E-state index in [2.05, 4.69) is 5.32 Å². The summed E-state index contributed by atoms with van der Waals surface area (Å²) in [5.41, 5.74) is 5.66. The third-order valence-electron chi connectivity index (χ3n) is 1.79. The van der Waals surface area contributed by atoms with Gasteiger partial charge in [0.05, 0.1) is 6.04 Å². The van der Waals surface area contributed by atoms with Crippen molar-refractivity contribution < 1.29 is 9.53 Å². The number of thioether (sulfide) groups is 1. The molecular weight excluding hydrogens is 236 g/mol. The van der Waals surface area contributed by atoms with Crippen LogP contribution in [0.3, 0.4) is 0 Å². The Labute approximate surface area is 102 Å². The summed E-state index contributed by atoms with van der Waals surface area (Å²) >= 11 is 1.70. The van der Waals surface area contributed by atoms with Crippen LogP contribution in [0, 0.1) is 0 Å². The molecule has 0 radical (unpaired) electrons. The van der Waals surface area contributed by atoms with Gasteiger partial charge >= 0.3 is 0 Å². The van der Waals surface area contributed by atoms with E-state index in [4.69, 9.17) is 10.5 Å². The lowest BCUT2D eigenvalue weighted by Gasteiger charge is -2.11. The number of amides is 1. The number of nitrogens with two attached hydrogens (primary N) is 1. The normalized spacial score (nSPS) is 11.7. The summed E-state index contributed by atoms with van der Waals surface area (Å²) in [6.45, 7) is 1.31. The predicted molar refractivity (Wildman–Crippen MR) is 67.7 cm³/mol. The average Bonchev–Trinajstić information content (AvgIpc) is 2.20. The lowest BCUT2D eigenvalue weighted by molar-refractivity contribution is -0.122. The van der Waals surface area contributed by atoms with Gasteiger partial charge in [0.1, 0.15) is 0 Å². The fourth-order valence-corrected chi connectivity index (χ4v) is 1.42. The number of hydrogen-bond acceptors (Lipinski definition) is 4. The molecule has 0 unspecified atom stereocenters. The van der Waals surface area contributed by atoms with Crippen LogP contribution < -0.4 is 11.1 Å². The van der Waals surface area contributed by atoms with E-state index in [1.54, 1.807) is 18.9 Å². The Kier molecular flexibility index (Phi) is 14.1. The number of hydrogen-bond donors (Lipinski definition) is 2. The van der Waals surface area contributed by atoms with Gasteiger partial charge in [-0.15, -0.1) is 12.4 Å². The Morgan fingerprint density at radius 2 is 2.27 bits per heavy atom. The standard InChI is InChI=1S/C9H20N2O2S.ClH/c1-13-6-3-5-11-9(12)8(10)4-7-14-2;/h8H,3-7,10H2,1-2H3,(H,11,12);1H/t8-;/m0./s1. The minimum absolute atomic E-state index is 0. The van der Waals surface area contributed by atoms with Crippen molar-refractivity contribution in [3.05, 3.63) is 0 Å². The first kappa shape index (κ1) is 17.4. The Bertz CT molecular complexity index is 161. The second kappa shape index (κ2) is 12.1. The lowest BCUT2D eigenvalue weighted by Crippen LogP contribution is -2.41. The number of carbonyl (C=O) groups is 1. The second-order valence-electron chi connectivity index (χ2n) is 3.03. The maximum Gasteiger partial charge on any atom is 0.236 e. The van der Waals surface area contributed by atoms with Crippen LogP contribution in [0.1, 0.15) is 12.8 Å². The van der Waals surface area contributed by atoms with Crippen molar-refractivity contribution in [2.45, 2.75) is 18.9 Å². The molecule has 92 valence electrons. The largest absolute Gasteiger partial charge is 0.385 e. The van der Waals surface area contributed by atoms with Crippen LogP contribution in [0.4, 0.5) is 0 Å². The third kappa shape index (κ3) is 10.3. The zero-order valence-corrected chi connectivity index (χ0v) is 11.0. The van der Waals surface area contributed by atoms with E-state index in [-0.39, 0.29) is 24.4 Å². The quantitative estimate of drug-likeness (QED) is 0.626. The van der Waals surface area contributed by atoms with Gasteiger partial charge in [0.25, 0.3) is 0 Å². The highest BCUT2D eigenvalue weighted by molar-refractivity contribution is 7.98. The molecule has 0 saturated heterocycles. The molecule has 1 amide bonds. The fourth-order valence-electron chi connectivity index (χ4n) is 0.935. The second-order valence-corrected chi connectivity index (χ2v) is 4.01. The summed E-state index contributed by atoms with van der Waals surface area (Å²) in [6, 6.07) is -0.370. The van der Waals surface area contributed by atoms with Crippen molar-refractivity contribution in [2.24, 2.45) is 5.73 Å². The number of rotatable bonds is 8. The first-order valence-corrected chi connectivity index (χ1v) is 6.13. The molecule has 3 N–H and O–H groups in total. The Hall–Kier alpha value is 0.0300. The minimum Gasteiger partial charge on any atom is -0.385 e. The molecule has 0 heterocycles. The van der Waals surface area contributed by atoms with Gasteiger partial charge in [0, 0.05) is 20.3 Å². The number of carbonyl (C=O) groups excluding carboxylic acids is 1. The number of methoxy groups -OCH3 is 1. The summed E-state index contributed by atoms with van der Waals surface area (Å²) in [6.07, 6.45) is 3.57. The van der Waals surface area contributed by atoms with Gasteiger partial charge in [-0.2, -0.15) is 11.8 Å². The van der Waals surface area contributed by atoms with E-state index >= 15 is 0 Å². The van der Waals surface area contributed by atoms with Crippen LogP contribution in [-0.4, -0.2) is 44.2 Å². The number of ether oxygens (including phenoxy) is 1. The topological polar surface area (TPSA) is 64.3 Å². The molecule has 0 aliphatic rings. The average molecular weight is 257 g/mol. The van der Waals surface area contributed by atoms with E-state index in [1.165, 1.54) is 0 Å². The van der Waals surface area contributed by atoms with E-state index in [0.717, 1.165) is 18.6 Å². The molecule has 0 aliphatic carbocycles. The number of nitrogens with one attached hydrogen (secondary N) is 1. The van der Waals surface area contributed by atoms with Crippen LogP contribution in [0.15, 0.2) is 0 Å². The van der Waals surface area contributed by atoms with E-state index in [1.807, 2.05) is 6.26 Å². The van der Waals surface area contributed by atoms with Crippen molar-refractivity contribution in [3.8, 4) is 0 Å². The van der Waals surface area contributed by atoms with Gasteiger partial charge in [0.2, 0.25) is 5.91 Å². The van der Waals surface area contributed by atoms with Crippen LogP contribution >= 0.6 is 24.2 Å². The monoisotopic (exact) mass is 256 g/mol. The maximum atomic E-state index is 11.3. The molecule has 0 spiro atoms. The molecule has 1 atom stereocenters. The van der Waals surface area contributed by atoms with Crippen molar-refractivity contribution >= 4 is 30.1 Å². The van der Waals surface area contributed by atoms with Gasteiger partial charge in [-0.1, -0.05) is 0 Å². The fraction of sp³-hybridized carbons (Fsp3) is 0.889. The van der Waals surface area contributed by atoms with E-state index < -0.39 is 0 Å². The smallest absolute Gasteiger partial charge is 0.236 e. The highest BCUT2D eigenvalue weighted by atomic mass is 35.5. The van der Waals surface area contributed by atoms with Gasteiger partial charge in [-0.3, -0.25) is 4.79 Å². The van der Waals surface area contributed by atoms with Crippen molar-refractivity contribution in [2.75, 3.05) is 32.3 Å². The molecule has 0 aliphatic heterocycles. The molecule has 0 bridgehead atoms. The first-order valence-electron chi connectivity index (χ1n) is 4.73. The van der Waals surface area contributed by atoms with Crippen LogP contribution in [-0.2, 0) is 9.53 Å². The molecule has 0 aromatic heterocycles. The zero-order chi connectivity index (χ0) is 10.8. The zero-order valence-electron chi connectivity index (χ0n) is 9.32. The van der Waals surface area contributed by atoms with Crippen molar-refractivity contribution in [3.63, 3.8) is 0 Å². The van der Waals surface area contributed by atoms with Gasteiger partial charge in [-0.05, 0) is 24.9 Å². The summed E-state index contributed by atoms with van der Waals surface area (Å²) in [5.74, 6) is 0.863. The van der Waals surface area contributed by atoms with Crippen LogP contribution in [0.2, 0.25) is 0 Å². The lowest BCUT2D eigenvalue weighted by atomic mass is 10.2. The predicted octanol–water partition coefficient (Wildman–Crippen LogP) is 0.641. The highest BCUT2D eigenvalue weighted by Crippen LogP contribution is 1.98. The maximum absolute atomic E-state index is 11.3. The van der Waals surface area contributed by atoms with Gasteiger partial charge < -0.3 is 15.8 Å². The first-order chi connectivity index (χ1) is 6.72. The summed E-state index contributed by atoms with van der Waals surface area (Å²) < 4.78 is 4.86. The Balaban J connectivity index is 0. The molecule has 0 saturated carbocycles. The summed E-state index contributed by atoms with van der Waals surface area (Å²) in [4.78, 5) is 11.3. The Morgan fingerprint density at radius 3 is 2.80 bits per heavy atom. The molecular formula is C9H21ClN2O2S. The molecule has 4 nitrogen and oxygen atoms in total. The van der Waals surface area contributed by atoms with Gasteiger partial charge in [-0.25, -0.2) is 0 Å². The third-order valence-corrected chi connectivity index (χ3v) is 2.44. The molecule has 6 heteroatoms. The van der Waals surface area contributed by atoms with E-state index in [0.29, 0.717) is 13.2 Å². The van der Waals surface area contributed by atoms with Crippen molar-refractivity contribution in [1.82, 2.24) is 5.32 Å². The van der Waals surface area contributed by atoms with Crippen LogP contribution in [0.25, 0.3) is 0 Å². The molecule has 0 aromatic carbocycles. The van der Waals surface area contributed by atoms with E-state index in [9.17, 15) is 4.79 Å². The molecule has 0 aromatic rings. The number of halogens is 1. The highest BCUT2D eigenvalue weighted by Gasteiger charge is 2.11.